The Morgan fingerprint density at radius 3 is 2.75 bits per heavy atom. The van der Waals surface area contributed by atoms with E-state index in [0.29, 0.717) is 17.5 Å². The molecule has 1 aliphatic carbocycles. The van der Waals surface area contributed by atoms with Crippen LogP contribution in [0.25, 0.3) is 0 Å². The van der Waals surface area contributed by atoms with E-state index >= 15 is 0 Å². The number of nitrogens with zero attached hydrogens (tertiary/aromatic N) is 2. The molecule has 5 heteroatoms. The molecule has 130 valence electrons. The van der Waals surface area contributed by atoms with Crippen LogP contribution in [0.4, 0.5) is 0 Å². The summed E-state index contributed by atoms with van der Waals surface area (Å²) in [5.41, 5.74) is 1.63. The van der Waals surface area contributed by atoms with Crippen LogP contribution in [-0.4, -0.2) is 41.1 Å². The highest BCUT2D eigenvalue weighted by Crippen LogP contribution is 2.31. The molecule has 0 radical (unpaired) electrons. The van der Waals surface area contributed by atoms with Crippen molar-refractivity contribution in [2.45, 2.75) is 57.5 Å². The highest BCUT2D eigenvalue weighted by Gasteiger charge is 2.33. The summed E-state index contributed by atoms with van der Waals surface area (Å²) in [7, 11) is 0. The van der Waals surface area contributed by atoms with Gasteiger partial charge in [-0.25, -0.2) is 0 Å². The third-order valence-corrected chi connectivity index (χ3v) is 6.09. The smallest absolute Gasteiger partial charge is 0.253 e. The number of hydrogen-bond donors (Lipinski definition) is 1. The van der Waals surface area contributed by atoms with Gasteiger partial charge in [0.2, 0.25) is 0 Å². The first-order valence-corrected chi connectivity index (χ1v) is 9.49. The molecule has 3 heterocycles. The van der Waals surface area contributed by atoms with Gasteiger partial charge in [-0.1, -0.05) is 6.42 Å². The molecule has 2 atom stereocenters. The van der Waals surface area contributed by atoms with Crippen LogP contribution in [0.15, 0.2) is 16.9 Å². The molecule has 0 bridgehead atoms. The third-order valence-electron chi connectivity index (χ3n) is 6.09. The molecular formula is C19H27N3O2. The van der Waals surface area contributed by atoms with Crippen LogP contribution in [0.1, 0.15) is 54.6 Å². The molecule has 1 saturated carbocycles. The lowest BCUT2D eigenvalue weighted by Crippen LogP contribution is -2.41. The van der Waals surface area contributed by atoms with Gasteiger partial charge in [0, 0.05) is 30.9 Å². The van der Waals surface area contributed by atoms with E-state index in [0.717, 1.165) is 31.6 Å². The highest BCUT2D eigenvalue weighted by molar-refractivity contribution is 5.95. The van der Waals surface area contributed by atoms with Gasteiger partial charge >= 0.3 is 0 Å². The first-order chi connectivity index (χ1) is 11.7. The first-order valence-electron chi connectivity index (χ1n) is 9.49. The number of carbonyl (C=O) groups excluding carboxylic acids is 1. The summed E-state index contributed by atoms with van der Waals surface area (Å²) < 4.78 is 1.76. The van der Waals surface area contributed by atoms with E-state index in [9.17, 15) is 9.59 Å². The number of hydrogen-bond acceptors (Lipinski definition) is 3. The molecule has 1 saturated heterocycles. The number of carbonyl (C=O) groups is 1. The number of rotatable bonds is 4. The van der Waals surface area contributed by atoms with Crippen LogP contribution < -0.4 is 10.9 Å². The Balaban J connectivity index is 1.42. The van der Waals surface area contributed by atoms with Crippen molar-refractivity contribution in [3.05, 3.63) is 33.7 Å². The normalized spacial score (nSPS) is 26.7. The van der Waals surface area contributed by atoms with E-state index in [-0.39, 0.29) is 11.5 Å². The second-order valence-electron chi connectivity index (χ2n) is 7.50. The number of nitrogens with one attached hydrogen (secondary N) is 1. The van der Waals surface area contributed by atoms with Crippen molar-refractivity contribution in [2.75, 3.05) is 19.6 Å². The van der Waals surface area contributed by atoms with Gasteiger partial charge in [-0.3, -0.25) is 9.59 Å². The van der Waals surface area contributed by atoms with E-state index in [2.05, 4.69) is 10.2 Å². The zero-order chi connectivity index (χ0) is 16.5. The lowest BCUT2D eigenvalue weighted by atomic mass is 10.0. The Hall–Kier alpha value is -1.62. The van der Waals surface area contributed by atoms with Crippen LogP contribution in [0.2, 0.25) is 0 Å². The second-order valence-corrected chi connectivity index (χ2v) is 7.50. The van der Waals surface area contributed by atoms with Crippen LogP contribution in [0, 0.1) is 5.92 Å². The van der Waals surface area contributed by atoms with Gasteiger partial charge < -0.3 is 14.8 Å². The van der Waals surface area contributed by atoms with Crippen molar-refractivity contribution < 1.29 is 4.79 Å². The molecule has 1 N–H and O–H groups in total. The summed E-state index contributed by atoms with van der Waals surface area (Å²) >= 11 is 0. The molecular weight excluding hydrogens is 302 g/mol. The fourth-order valence-corrected chi connectivity index (χ4v) is 4.87. The minimum absolute atomic E-state index is 0.00674. The molecule has 3 aliphatic rings. The van der Waals surface area contributed by atoms with E-state index in [1.165, 1.54) is 51.3 Å². The molecule has 24 heavy (non-hydrogen) atoms. The summed E-state index contributed by atoms with van der Waals surface area (Å²) in [6.45, 7) is 3.96. The Morgan fingerprint density at radius 1 is 1.08 bits per heavy atom. The number of amides is 1. The predicted octanol–water partition coefficient (Wildman–Crippen LogP) is 1.79. The van der Waals surface area contributed by atoms with Gasteiger partial charge in [0.1, 0.15) is 0 Å². The highest BCUT2D eigenvalue weighted by atomic mass is 16.2. The van der Waals surface area contributed by atoms with Gasteiger partial charge in [0.15, 0.2) is 0 Å². The largest absolute Gasteiger partial charge is 0.352 e. The number of pyridine rings is 1. The molecule has 1 aromatic rings. The van der Waals surface area contributed by atoms with Crippen molar-refractivity contribution in [2.24, 2.45) is 5.92 Å². The van der Waals surface area contributed by atoms with Crippen molar-refractivity contribution in [3.63, 3.8) is 0 Å². The van der Waals surface area contributed by atoms with Crippen molar-refractivity contribution in [1.29, 1.82) is 0 Å². The number of likely N-dealkylation sites (tertiary alicyclic amines) is 1. The summed E-state index contributed by atoms with van der Waals surface area (Å²) in [6.07, 6.45) is 8.20. The van der Waals surface area contributed by atoms with Crippen LogP contribution in [0.5, 0.6) is 0 Å². The molecule has 2 aliphatic heterocycles. The summed E-state index contributed by atoms with van der Waals surface area (Å²) in [6, 6.07) is 3.89. The van der Waals surface area contributed by atoms with Gasteiger partial charge in [-0.15, -0.1) is 0 Å². The van der Waals surface area contributed by atoms with E-state index in [1.54, 1.807) is 10.6 Å². The average Bonchev–Trinajstić information content (AvgIpc) is 3.32. The maximum Gasteiger partial charge on any atom is 0.253 e. The topological polar surface area (TPSA) is 54.3 Å². The lowest BCUT2D eigenvalue weighted by molar-refractivity contribution is 0.0935. The minimum Gasteiger partial charge on any atom is -0.352 e. The maximum atomic E-state index is 12.7. The summed E-state index contributed by atoms with van der Waals surface area (Å²) in [5.74, 6) is 0.569. The monoisotopic (exact) mass is 329 g/mol. The predicted molar refractivity (Wildman–Crippen MR) is 93.3 cm³/mol. The van der Waals surface area contributed by atoms with E-state index < -0.39 is 0 Å². The quantitative estimate of drug-likeness (QED) is 0.916. The molecule has 5 nitrogen and oxygen atoms in total. The van der Waals surface area contributed by atoms with Gasteiger partial charge in [-0.05, 0) is 63.6 Å². The molecule has 0 spiro atoms. The minimum atomic E-state index is -0.00674. The molecule has 1 amide bonds. The van der Waals surface area contributed by atoms with Gasteiger partial charge in [0.05, 0.1) is 5.56 Å². The Morgan fingerprint density at radius 2 is 1.92 bits per heavy atom. The lowest BCUT2D eigenvalue weighted by Gasteiger charge is -2.29. The number of fused-ring (bicyclic) bond motifs is 1. The SMILES string of the molecule is O=C(NC[C@@H]1CCC[C@H]1N1CCCC1)c1ccc(=O)n2c1CCC2. The zero-order valence-electron chi connectivity index (χ0n) is 14.3. The van der Waals surface area contributed by atoms with E-state index in [4.69, 9.17) is 0 Å². The van der Waals surface area contributed by atoms with Crippen molar-refractivity contribution in [1.82, 2.24) is 14.8 Å². The zero-order valence-corrected chi connectivity index (χ0v) is 14.3. The Kier molecular flexibility index (Phi) is 4.44. The van der Waals surface area contributed by atoms with Gasteiger partial charge in [-0.2, -0.15) is 0 Å². The Labute approximate surface area is 143 Å². The van der Waals surface area contributed by atoms with Gasteiger partial charge in [0.25, 0.3) is 11.5 Å². The molecule has 2 fully saturated rings. The fourth-order valence-electron chi connectivity index (χ4n) is 4.87. The van der Waals surface area contributed by atoms with Crippen LogP contribution in [-0.2, 0) is 13.0 Å². The Bertz CT molecular complexity index is 676. The summed E-state index contributed by atoms with van der Waals surface area (Å²) in [4.78, 5) is 27.2. The standard InChI is InChI=1S/C19H27N3O2/c23-18-9-8-15(17-7-4-12-22(17)18)19(24)20-13-14-5-3-6-16(14)21-10-1-2-11-21/h8-9,14,16H,1-7,10-13H2,(H,20,24)/t14-,16+/m0/s1. The number of aromatic nitrogens is 1. The average molecular weight is 329 g/mol. The van der Waals surface area contributed by atoms with Crippen molar-refractivity contribution in [3.8, 4) is 0 Å². The molecule has 0 aromatic carbocycles. The first kappa shape index (κ1) is 15.9. The maximum absolute atomic E-state index is 12.7. The molecule has 4 rings (SSSR count). The van der Waals surface area contributed by atoms with Crippen molar-refractivity contribution >= 4 is 5.91 Å². The van der Waals surface area contributed by atoms with Crippen LogP contribution >= 0.6 is 0 Å². The molecule has 1 aromatic heterocycles. The van der Waals surface area contributed by atoms with Crippen LogP contribution in [0.3, 0.4) is 0 Å². The molecule has 0 unspecified atom stereocenters. The fraction of sp³-hybridized carbons (Fsp3) is 0.684. The second kappa shape index (κ2) is 6.71. The van der Waals surface area contributed by atoms with E-state index in [1.807, 2.05) is 0 Å². The summed E-state index contributed by atoms with van der Waals surface area (Å²) in [5, 5.41) is 3.16. The third kappa shape index (κ3) is 2.90.